The Morgan fingerprint density at radius 1 is 1.07 bits per heavy atom. The molecule has 6 rings (SSSR count). The van der Waals surface area contributed by atoms with Crippen LogP contribution in [0.15, 0.2) is 59.5 Å². The molecule has 1 amide bonds. The van der Waals surface area contributed by atoms with E-state index in [0.717, 1.165) is 77.0 Å². The summed E-state index contributed by atoms with van der Waals surface area (Å²) in [5.41, 5.74) is 9.29. The second-order valence-electron chi connectivity index (χ2n) is 12.8. The smallest absolute Gasteiger partial charge is 0.224 e. The number of hydrogen-bond acceptors (Lipinski definition) is 8. The van der Waals surface area contributed by atoms with E-state index in [9.17, 15) is 4.79 Å². The number of ether oxygens (including phenoxy) is 2. The van der Waals surface area contributed by atoms with Crippen LogP contribution in [0.3, 0.4) is 0 Å². The number of benzene rings is 2. The minimum atomic E-state index is 0.0333. The number of carbonyl (C=O) groups is 1. The van der Waals surface area contributed by atoms with Crippen molar-refractivity contribution in [3.8, 4) is 11.5 Å². The molecule has 0 unspecified atom stereocenters. The maximum Gasteiger partial charge on any atom is 0.224 e. The van der Waals surface area contributed by atoms with Crippen LogP contribution in [0.2, 0.25) is 0 Å². The summed E-state index contributed by atoms with van der Waals surface area (Å²) in [6, 6.07) is 14.5. The average molecular weight is 691 g/mol. The summed E-state index contributed by atoms with van der Waals surface area (Å²) in [5.74, 6) is 3.67. The maximum atomic E-state index is 12.5. The van der Waals surface area contributed by atoms with Crippen LogP contribution >= 0.6 is 15.9 Å². The first-order valence-electron chi connectivity index (χ1n) is 16.1. The molecule has 0 saturated heterocycles. The lowest BCUT2D eigenvalue weighted by molar-refractivity contribution is -0.116. The van der Waals surface area contributed by atoms with Gasteiger partial charge in [0.05, 0.1) is 31.0 Å². The highest BCUT2D eigenvalue weighted by Gasteiger charge is 2.35. The molecule has 2 saturated carbocycles. The number of carbonyl (C=O) groups excluding carboxylic acids is 1. The van der Waals surface area contributed by atoms with Gasteiger partial charge in [-0.2, -0.15) is 0 Å². The molecule has 0 radical (unpaired) electrons. The van der Waals surface area contributed by atoms with E-state index in [1.54, 1.807) is 20.5 Å². The Labute approximate surface area is 279 Å². The first kappa shape index (κ1) is 32.1. The Morgan fingerprint density at radius 3 is 2.70 bits per heavy atom. The minimum Gasteiger partial charge on any atom is -0.497 e. The van der Waals surface area contributed by atoms with Crippen molar-refractivity contribution in [2.45, 2.75) is 63.6 Å². The van der Waals surface area contributed by atoms with Crippen LogP contribution < -0.4 is 25.8 Å². The van der Waals surface area contributed by atoms with E-state index in [0.29, 0.717) is 48.3 Å². The molecule has 11 heteroatoms. The molecule has 0 spiro atoms. The number of halogens is 1. The lowest BCUT2D eigenvalue weighted by atomic mass is 9.76. The van der Waals surface area contributed by atoms with Crippen molar-refractivity contribution >= 4 is 50.1 Å². The van der Waals surface area contributed by atoms with Crippen molar-refractivity contribution in [2.75, 3.05) is 44.2 Å². The van der Waals surface area contributed by atoms with Crippen molar-refractivity contribution in [3.05, 3.63) is 65.0 Å². The number of nitrogens with two attached hydrogens (primary N) is 1. The lowest BCUT2D eigenvalue weighted by Crippen LogP contribution is -2.44. The molecule has 2 aromatic carbocycles. The molecule has 10 nitrogen and oxygen atoms in total. The Kier molecular flexibility index (Phi) is 9.98. The van der Waals surface area contributed by atoms with Gasteiger partial charge in [0.15, 0.2) is 0 Å². The number of nitrogens with one attached hydrogen (secondary N) is 2. The van der Waals surface area contributed by atoms with Crippen molar-refractivity contribution in [1.82, 2.24) is 19.4 Å². The molecule has 4 aromatic rings. The van der Waals surface area contributed by atoms with Gasteiger partial charge < -0.3 is 35.3 Å². The van der Waals surface area contributed by atoms with Crippen molar-refractivity contribution < 1.29 is 14.3 Å². The zero-order valence-electron chi connectivity index (χ0n) is 26.8. The summed E-state index contributed by atoms with van der Waals surface area (Å²) < 4.78 is 14.1. The number of hydrogen-bond donors (Lipinski definition) is 3. The molecule has 2 heterocycles. The Balaban J connectivity index is 0.966. The van der Waals surface area contributed by atoms with E-state index in [4.69, 9.17) is 15.2 Å². The van der Waals surface area contributed by atoms with E-state index in [2.05, 4.69) is 65.3 Å². The zero-order chi connectivity index (χ0) is 32.2. The van der Waals surface area contributed by atoms with Gasteiger partial charge in [-0.25, -0.2) is 9.97 Å². The van der Waals surface area contributed by atoms with Crippen LogP contribution in [-0.4, -0.2) is 59.2 Å². The standard InChI is InChI=1S/C35H44BrN7O3/c1-42(27-14-22(15-27)5-11-33(44)41-31-10-7-25(36)17-30(31)37)20-23-4-8-26(16-23)43-13-12-29-34(39-21-40-35(29)43)38-19-24-6-9-28(45-2)18-32(24)46-3/h6-7,9-10,12-13,17-18,21-23,26-27H,4-5,8,11,14-16,19-20,37H2,1-3H3,(H,41,44)(H,38,39,40)/t22?,23-,26+,27?/m1/s1. The summed E-state index contributed by atoms with van der Waals surface area (Å²) >= 11 is 3.40. The second kappa shape index (κ2) is 14.3. The third-order valence-electron chi connectivity index (χ3n) is 9.80. The van der Waals surface area contributed by atoms with E-state index in [1.165, 1.54) is 6.42 Å². The fourth-order valence-electron chi connectivity index (χ4n) is 7.10. The molecule has 2 atom stereocenters. The second-order valence-corrected chi connectivity index (χ2v) is 13.7. The number of nitrogen functional groups attached to an aromatic ring is 1. The number of methoxy groups -OCH3 is 2. The molecule has 2 aromatic heterocycles. The van der Waals surface area contributed by atoms with Gasteiger partial charge >= 0.3 is 0 Å². The van der Waals surface area contributed by atoms with Crippen LogP contribution in [0.5, 0.6) is 11.5 Å². The van der Waals surface area contributed by atoms with Gasteiger partial charge in [0.25, 0.3) is 0 Å². The highest BCUT2D eigenvalue weighted by atomic mass is 79.9. The quantitative estimate of drug-likeness (QED) is 0.130. The van der Waals surface area contributed by atoms with Gasteiger partial charge in [0, 0.05) is 53.9 Å². The number of fused-ring (bicyclic) bond motifs is 1. The van der Waals surface area contributed by atoms with Gasteiger partial charge in [-0.3, -0.25) is 4.79 Å². The van der Waals surface area contributed by atoms with Gasteiger partial charge in [-0.15, -0.1) is 0 Å². The molecule has 0 aliphatic heterocycles. The molecule has 2 aliphatic rings. The number of amides is 1. The van der Waals surface area contributed by atoms with Crippen molar-refractivity contribution in [1.29, 1.82) is 0 Å². The fourth-order valence-corrected chi connectivity index (χ4v) is 7.48. The largest absolute Gasteiger partial charge is 0.497 e. The summed E-state index contributed by atoms with van der Waals surface area (Å²) in [7, 11) is 5.59. The number of aromatic nitrogens is 3. The van der Waals surface area contributed by atoms with Crippen molar-refractivity contribution in [3.63, 3.8) is 0 Å². The molecule has 4 N–H and O–H groups in total. The summed E-state index contributed by atoms with van der Waals surface area (Å²) in [6.07, 6.45) is 11.1. The van der Waals surface area contributed by atoms with Crippen LogP contribution in [0.4, 0.5) is 17.2 Å². The Bertz CT molecular complexity index is 1670. The number of nitrogens with zero attached hydrogens (tertiary/aromatic N) is 4. The fraction of sp³-hybridized carbons (Fsp3) is 0.457. The number of anilines is 3. The highest BCUT2D eigenvalue weighted by Crippen LogP contribution is 2.40. The average Bonchev–Trinajstić information content (AvgIpc) is 3.67. The van der Waals surface area contributed by atoms with E-state index in [-0.39, 0.29) is 5.91 Å². The SMILES string of the molecule is COc1ccc(CNc2ncnc3c2ccn3[C@H]2CC[C@@H](CN(C)C3CC(CCC(=O)Nc4ccc(Br)cc4N)C3)C2)c(OC)c1. The zero-order valence-corrected chi connectivity index (χ0v) is 28.4. The monoisotopic (exact) mass is 689 g/mol. The molecular formula is C35H44BrN7O3. The molecule has 2 fully saturated rings. The van der Waals surface area contributed by atoms with Gasteiger partial charge in [0.2, 0.25) is 5.91 Å². The first-order chi connectivity index (χ1) is 22.3. The van der Waals surface area contributed by atoms with E-state index in [1.807, 2.05) is 36.4 Å². The van der Waals surface area contributed by atoms with Crippen LogP contribution in [-0.2, 0) is 11.3 Å². The normalized spacial score (nSPS) is 20.9. The highest BCUT2D eigenvalue weighted by molar-refractivity contribution is 9.10. The van der Waals surface area contributed by atoms with Gasteiger partial charge in [-0.05, 0) is 93.8 Å². The van der Waals surface area contributed by atoms with Crippen molar-refractivity contribution in [2.24, 2.45) is 11.8 Å². The molecule has 0 bridgehead atoms. The topological polar surface area (TPSA) is 120 Å². The molecule has 244 valence electrons. The minimum absolute atomic E-state index is 0.0333. The Hall–Kier alpha value is -3.83. The predicted molar refractivity (Wildman–Crippen MR) is 186 cm³/mol. The van der Waals surface area contributed by atoms with E-state index >= 15 is 0 Å². The lowest BCUT2D eigenvalue weighted by Gasteiger charge is -2.42. The molecule has 2 aliphatic carbocycles. The first-order valence-corrected chi connectivity index (χ1v) is 16.9. The predicted octanol–water partition coefficient (Wildman–Crippen LogP) is 6.88. The summed E-state index contributed by atoms with van der Waals surface area (Å²) in [4.78, 5) is 24.3. The summed E-state index contributed by atoms with van der Waals surface area (Å²) in [5, 5.41) is 7.48. The molecular weight excluding hydrogens is 646 g/mol. The third kappa shape index (κ3) is 7.25. The van der Waals surface area contributed by atoms with E-state index < -0.39 is 0 Å². The number of rotatable bonds is 13. The van der Waals surface area contributed by atoms with Crippen LogP contribution in [0.1, 0.15) is 56.6 Å². The van der Waals surface area contributed by atoms with Gasteiger partial charge in [0.1, 0.15) is 29.3 Å². The van der Waals surface area contributed by atoms with Gasteiger partial charge in [-0.1, -0.05) is 15.9 Å². The Morgan fingerprint density at radius 2 is 1.91 bits per heavy atom. The summed E-state index contributed by atoms with van der Waals surface area (Å²) in [6.45, 7) is 1.69. The van der Waals surface area contributed by atoms with Crippen LogP contribution in [0, 0.1) is 11.8 Å². The maximum absolute atomic E-state index is 12.5. The molecule has 46 heavy (non-hydrogen) atoms. The third-order valence-corrected chi connectivity index (χ3v) is 10.3. The van der Waals surface area contributed by atoms with Crippen LogP contribution in [0.25, 0.3) is 11.0 Å².